The highest BCUT2D eigenvalue weighted by atomic mass is 32.1. The molecule has 0 fully saturated rings. The van der Waals surface area contributed by atoms with Gasteiger partial charge >= 0.3 is 5.97 Å². The summed E-state index contributed by atoms with van der Waals surface area (Å²) in [7, 11) is 1.32. The number of rotatable bonds is 6. The number of esters is 1. The Kier molecular flexibility index (Phi) is 5.93. The topological polar surface area (TPSA) is 64.6 Å². The van der Waals surface area contributed by atoms with Crippen LogP contribution in [0.1, 0.15) is 36.0 Å². The summed E-state index contributed by atoms with van der Waals surface area (Å²) >= 11 is 2.68. The molecule has 27 heavy (non-hydrogen) atoms. The van der Waals surface area contributed by atoms with Crippen LogP contribution in [0.3, 0.4) is 0 Å². The third-order valence-corrected chi connectivity index (χ3v) is 5.74. The largest absolute Gasteiger partial charge is 0.489 e. The molecule has 0 unspecified atom stereocenters. The molecule has 1 amide bonds. The van der Waals surface area contributed by atoms with Crippen LogP contribution in [0.5, 0.6) is 5.75 Å². The highest BCUT2D eigenvalue weighted by Crippen LogP contribution is 2.29. The van der Waals surface area contributed by atoms with Crippen LogP contribution in [-0.2, 0) is 11.3 Å². The lowest BCUT2D eigenvalue weighted by Crippen LogP contribution is -2.12. The molecule has 0 atom stereocenters. The lowest BCUT2D eigenvalue weighted by atomic mass is 10.2. The van der Waals surface area contributed by atoms with Crippen molar-refractivity contribution >= 4 is 39.6 Å². The van der Waals surface area contributed by atoms with Crippen molar-refractivity contribution in [2.45, 2.75) is 20.5 Å². The van der Waals surface area contributed by atoms with Gasteiger partial charge in [-0.1, -0.05) is 17.7 Å². The minimum absolute atomic E-state index is 0.256. The molecule has 0 saturated heterocycles. The molecule has 1 N–H and O–H groups in total. The summed E-state index contributed by atoms with van der Waals surface area (Å²) in [4.78, 5) is 25.8. The van der Waals surface area contributed by atoms with Gasteiger partial charge in [0.15, 0.2) is 0 Å². The van der Waals surface area contributed by atoms with Crippen molar-refractivity contribution in [3.8, 4) is 5.75 Å². The number of methoxy groups -OCH3 is 1. The van der Waals surface area contributed by atoms with Gasteiger partial charge in [-0.3, -0.25) is 4.79 Å². The Balaban J connectivity index is 1.65. The van der Waals surface area contributed by atoms with Crippen LogP contribution in [0.4, 0.5) is 5.00 Å². The molecular weight excluding hydrogens is 382 g/mol. The maximum absolute atomic E-state index is 12.5. The van der Waals surface area contributed by atoms with Crippen LogP contribution in [0, 0.1) is 13.8 Å². The number of carbonyl (C=O) groups is 2. The number of ether oxygens (including phenoxy) is 2. The second-order valence-corrected chi connectivity index (χ2v) is 8.13. The molecule has 140 valence electrons. The van der Waals surface area contributed by atoms with Crippen molar-refractivity contribution in [3.63, 3.8) is 0 Å². The molecule has 1 aromatic carbocycles. The average molecular weight is 402 g/mol. The van der Waals surface area contributed by atoms with Crippen LogP contribution in [0.25, 0.3) is 0 Å². The lowest BCUT2D eigenvalue weighted by molar-refractivity contribution is 0.0602. The third kappa shape index (κ3) is 4.75. The first-order chi connectivity index (χ1) is 13.0. The molecule has 0 radical (unpaired) electrons. The van der Waals surface area contributed by atoms with Crippen molar-refractivity contribution in [1.29, 1.82) is 0 Å². The summed E-state index contributed by atoms with van der Waals surface area (Å²) in [5.74, 6) is 0.0659. The highest BCUT2D eigenvalue weighted by molar-refractivity contribution is 7.17. The second-order valence-electron chi connectivity index (χ2n) is 5.97. The summed E-state index contributed by atoms with van der Waals surface area (Å²) in [5, 5.41) is 5.19. The summed E-state index contributed by atoms with van der Waals surface area (Å²) in [5.41, 5.74) is 2.46. The summed E-state index contributed by atoms with van der Waals surface area (Å²) in [6.45, 7) is 4.28. The van der Waals surface area contributed by atoms with Crippen molar-refractivity contribution in [2.24, 2.45) is 0 Å². The number of nitrogens with one attached hydrogen (secondary N) is 1. The van der Waals surface area contributed by atoms with E-state index in [-0.39, 0.29) is 5.91 Å². The molecule has 5 nitrogen and oxygen atoms in total. The smallest absolute Gasteiger partial charge is 0.340 e. The van der Waals surface area contributed by atoms with Crippen molar-refractivity contribution < 1.29 is 19.1 Å². The van der Waals surface area contributed by atoms with Gasteiger partial charge in [0, 0.05) is 10.4 Å². The number of amides is 1. The van der Waals surface area contributed by atoms with Crippen LogP contribution in [-0.4, -0.2) is 19.0 Å². The van der Waals surface area contributed by atoms with Gasteiger partial charge in [0.25, 0.3) is 5.91 Å². The normalized spacial score (nSPS) is 10.5. The summed E-state index contributed by atoms with van der Waals surface area (Å²) in [6.07, 6.45) is 0. The lowest BCUT2D eigenvalue weighted by Gasteiger charge is -2.05. The Morgan fingerprint density at radius 1 is 1.11 bits per heavy atom. The first-order valence-electron chi connectivity index (χ1n) is 8.23. The Hall–Kier alpha value is -2.64. The number of carbonyl (C=O) groups excluding carboxylic acids is 2. The SMILES string of the molecule is COC(=O)c1cc(C)sc1NC(=O)c1cc(COc2ccc(C)cc2)cs1. The van der Waals surface area contributed by atoms with Gasteiger partial charge in [0.05, 0.1) is 17.6 Å². The Labute approximate surface area is 165 Å². The molecule has 0 aliphatic heterocycles. The molecule has 2 heterocycles. The fourth-order valence-electron chi connectivity index (χ4n) is 2.40. The van der Waals surface area contributed by atoms with Crippen molar-refractivity contribution in [3.05, 3.63) is 68.2 Å². The number of hydrogen-bond donors (Lipinski definition) is 1. The number of aryl methyl sites for hydroxylation is 2. The van der Waals surface area contributed by atoms with E-state index in [2.05, 4.69) is 5.32 Å². The van der Waals surface area contributed by atoms with Crippen molar-refractivity contribution in [2.75, 3.05) is 12.4 Å². The van der Waals surface area contributed by atoms with Crippen LogP contribution in [0.15, 0.2) is 41.8 Å². The minimum atomic E-state index is -0.465. The zero-order chi connectivity index (χ0) is 19.4. The van der Waals surface area contributed by atoms with Gasteiger partial charge in [-0.2, -0.15) is 0 Å². The van der Waals surface area contributed by atoms with Crippen LogP contribution in [0.2, 0.25) is 0 Å². The van der Waals surface area contributed by atoms with E-state index >= 15 is 0 Å². The number of thiophene rings is 2. The molecule has 0 saturated carbocycles. The Morgan fingerprint density at radius 2 is 1.85 bits per heavy atom. The van der Waals surface area contributed by atoms with Gasteiger partial charge < -0.3 is 14.8 Å². The van der Waals surface area contributed by atoms with E-state index in [9.17, 15) is 9.59 Å². The highest BCUT2D eigenvalue weighted by Gasteiger charge is 2.19. The van der Waals surface area contributed by atoms with Gasteiger partial charge in [-0.05, 0) is 43.5 Å². The monoisotopic (exact) mass is 401 g/mol. The molecule has 7 heteroatoms. The molecular formula is C20H19NO4S2. The van der Waals surface area contributed by atoms with E-state index < -0.39 is 5.97 Å². The zero-order valence-corrected chi connectivity index (χ0v) is 16.8. The van der Waals surface area contributed by atoms with E-state index in [4.69, 9.17) is 9.47 Å². The van der Waals surface area contributed by atoms with Crippen molar-refractivity contribution in [1.82, 2.24) is 0 Å². The number of anilines is 1. The molecule has 0 aliphatic rings. The summed E-state index contributed by atoms with van der Waals surface area (Å²) in [6, 6.07) is 11.3. The maximum Gasteiger partial charge on any atom is 0.340 e. The zero-order valence-electron chi connectivity index (χ0n) is 15.2. The Bertz CT molecular complexity index is 957. The molecule has 0 bridgehead atoms. The molecule has 0 spiro atoms. The van der Waals surface area contributed by atoms with E-state index in [1.54, 1.807) is 12.1 Å². The molecule has 2 aromatic heterocycles. The van der Waals surface area contributed by atoms with E-state index in [0.717, 1.165) is 16.2 Å². The standard InChI is InChI=1S/C20H19NO4S2/c1-12-4-6-15(7-5-12)25-10-14-9-17(26-11-14)18(22)21-19-16(20(23)24-3)8-13(2)27-19/h4-9,11H,10H2,1-3H3,(H,21,22). The van der Waals surface area contributed by atoms with Gasteiger partial charge in [-0.15, -0.1) is 22.7 Å². The van der Waals surface area contributed by atoms with Crippen LogP contribution < -0.4 is 10.1 Å². The minimum Gasteiger partial charge on any atom is -0.489 e. The fourth-order valence-corrected chi connectivity index (χ4v) is 4.09. The molecule has 0 aliphatic carbocycles. The van der Waals surface area contributed by atoms with E-state index in [1.807, 2.05) is 43.5 Å². The second kappa shape index (κ2) is 8.37. The Morgan fingerprint density at radius 3 is 2.56 bits per heavy atom. The van der Waals surface area contributed by atoms with Gasteiger partial charge in [0.2, 0.25) is 0 Å². The first-order valence-corrected chi connectivity index (χ1v) is 9.93. The number of hydrogen-bond acceptors (Lipinski definition) is 6. The van der Waals surface area contributed by atoms with Gasteiger partial charge in [-0.25, -0.2) is 4.79 Å². The van der Waals surface area contributed by atoms with E-state index in [1.165, 1.54) is 35.3 Å². The predicted molar refractivity (Wildman–Crippen MR) is 108 cm³/mol. The van der Waals surface area contributed by atoms with Crippen LogP contribution >= 0.6 is 22.7 Å². The van der Waals surface area contributed by atoms with Gasteiger partial charge in [0.1, 0.15) is 17.4 Å². The maximum atomic E-state index is 12.5. The molecule has 3 rings (SSSR count). The summed E-state index contributed by atoms with van der Waals surface area (Å²) < 4.78 is 10.5. The number of benzene rings is 1. The average Bonchev–Trinajstić information content (AvgIpc) is 3.27. The third-order valence-electron chi connectivity index (χ3n) is 3.79. The van der Waals surface area contributed by atoms with E-state index in [0.29, 0.717) is 22.0 Å². The quantitative estimate of drug-likeness (QED) is 0.588. The fraction of sp³-hybridized carbons (Fsp3) is 0.200. The first kappa shape index (κ1) is 19.1. The predicted octanol–water partition coefficient (Wildman–Crippen LogP) is 5.04. The molecule has 3 aromatic rings.